The molecule has 1 fully saturated rings. The van der Waals surface area contributed by atoms with Crippen LogP contribution in [0.4, 0.5) is 11.4 Å². The van der Waals surface area contributed by atoms with Gasteiger partial charge >= 0.3 is 0 Å². The van der Waals surface area contributed by atoms with E-state index in [-0.39, 0.29) is 18.4 Å². The lowest BCUT2D eigenvalue weighted by atomic mass is 10.1. The van der Waals surface area contributed by atoms with Crippen LogP contribution in [0.2, 0.25) is 10.0 Å². The fraction of sp³-hybridized carbons (Fsp3) is 0.179. The summed E-state index contributed by atoms with van der Waals surface area (Å²) in [5, 5.41) is 3.58. The highest BCUT2D eigenvalue weighted by molar-refractivity contribution is 8.27. The van der Waals surface area contributed by atoms with Gasteiger partial charge in [0.25, 0.3) is 11.8 Å². The van der Waals surface area contributed by atoms with E-state index in [0.717, 1.165) is 22.4 Å². The summed E-state index contributed by atoms with van der Waals surface area (Å²) in [5.41, 5.74) is 4.10. The van der Waals surface area contributed by atoms with Crippen LogP contribution in [0.5, 0.6) is 11.5 Å². The van der Waals surface area contributed by atoms with E-state index in [1.807, 2.05) is 39.0 Å². The standard InChI is InChI=1S/C28H24Cl2N2O4S2/c1-4-35-24-12-18(5-8-23(24)36-15-26(33)31-19-10-16(2)9-17(3)11-19)13-25-27(34)32(28(37)38-25)20-6-7-21(29)22(30)14-20/h5-14H,4,15H2,1-3H3,(H,31,33)/b25-13-. The van der Waals surface area contributed by atoms with E-state index in [0.29, 0.717) is 43.1 Å². The number of halogens is 2. The van der Waals surface area contributed by atoms with Crippen molar-refractivity contribution in [1.29, 1.82) is 0 Å². The molecule has 0 unspecified atom stereocenters. The third-order valence-electron chi connectivity index (χ3n) is 5.38. The van der Waals surface area contributed by atoms with Crippen molar-refractivity contribution in [2.24, 2.45) is 0 Å². The Bertz CT molecular complexity index is 1440. The van der Waals surface area contributed by atoms with Gasteiger partial charge in [0.2, 0.25) is 0 Å². The molecule has 0 radical (unpaired) electrons. The van der Waals surface area contributed by atoms with Gasteiger partial charge in [-0.25, -0.2) is 0 Å². The molecule has 38 heavy (non-hydrogen) atoms. The summed E-state index contributed by atoms with van der Waals surface area (Å²) < 4.78 is 11.9. The van der Waals surface area contributed by atoms with Crippen molar-refractivity contribution >= 4 is 80.8 Å². The zero-order chi connectivity index (χ0) is 27.4. The number of thiocarbonyl (C=S) groups is 1. The minimum atomic E-state index is -0.285. The first-order chi connectivity index (χ1) is 18.1. The van der Waals surface area contributed by atoms with Crippen molar-refractivity contribution in [3.05, 3.63) is 86.2 Å². The van der Waals surface area contributed by atoms with Crippen LogP contribution in [0.25, 0.3) is 6.08 Å². The Hall–Kier alpha value is -3.04. The lowest BCUT2D eigenvalue weighted by molar-refractivity contribution is -0.118. The second-order valence-electron chi connectivity index (χ2n) is 8.47. The Balaban J connectivity index is 1.48. The molecule has 1 N–H and O–H groups in total. The number of aryl methyl sites for hydroxylation is 2. The Kier molecular flexibility index (Phi) is 8.99. The summed E-state index contributed by atoms with van der Waals surface area (Å²) in [6.45, 7) is 6.01. The summed E-state index contributed by atoms with van der Waals surface area (Å²) in [6.07, 6.45) is 1.73. The van der Waals surface area contributed by atoms with E-state index >= 15 is 0 Å². The Labute approximate surface area is 240 Å². The number of benzene rings is 3. The fourth-order valence-corrected chi connectivity index (χ4v) is 5.45. The van der Waals surface area contributed by atoms with E-state index in [9.17, 15) is 9.59 Å². The molecular formula is C28H24Cl2N2O4S2. The average Bonchev–Trinajstić information content (AvgIpc) is 3.12. The molecule has 10 heteroatoms. The molecule has 0 saturated carbocycles. The third-order valence-corrected chi connectivity index (χ3v) is 7.43. The molecule has 6 nitrogen and oxygen atoms in total. The number of carbonyl (C=O) groups excluding carboxylic acids is 2. The van der Waals surface area contributed by atoms with Gasteiger partial charge in [-0.3, -0.25) is 14.5 Å². The summed E-state index contributed by atoms with van der Waals surface area (Å²) >= 11 is 18.8. The highest BCUT2D eigenvalue weighted by atomic mass is 35.5. The van der Waals surface area contributed by atoms with E-state index in [2.05, 4.69) is 5.32 Å². The molecule has 4 rings (SSSR count). The number of amides is 2. The predicted molar refractivity (Wildman–Crippen MR) is 160 cm³/mol. The minimum Gasteiger partial charge on any atom is -0.490 e. The summed E-state index contributed by atoms with van der Waals surface area (Å²) in [4.78, 5) is 27.5. The second-order valence-corrected chi connectivity index (χ2v) is 11.0. The first-order valence-corrected chi connectivity index (χ1v) is 13.6. The molecule has 1 aliphatic heterocycles. The van der Waals surface area contributed by atoms with Crippen LogP contribution in [0, 0.1) is 13.8 Å². The molecule has 0 atom stereocenters. The SMILES string of the molecule is CCOc1cc(/C=C2\SC(=S)N(c3ccc(Cl)c(Cl)c3)C2=O)ccc1OCC(=O)Nc1cc(C)cc(C)c1. The molecule has 0 spiro atoms. The summed E-state index contributed by atoms with van der Waals surface area (Å²) in [5.74, 6) is 0.329. The quantitative estimate of drug-likeness (QED) is 0.218. The van der Waals surface area contributed by atoms with Crippen LogP contribution in [0.3, 0.4) is 0 Å². The predicted octanol–water partition coefficient (Wildman–Crippen LogP) is 7.43. The van der Waals surface area contributed by atoms with Crippen molar-refractivity contribution in [3.8, 4) is 11.5 Å². The van der Waals surface area contributed by atoms with E-state index in [4.69, 9.17) is 44.9 Å². The largest absolute Gasteiger partial charge is 0.490 e. The van der Waals surface area contributed by atoms with Gasteiger partial charge in [0, 0.05) is 5.69 Å². The zero-order valence-corrected chi connectivity index (χ0v) is 24.0. The average molecular weight is 588 g/mol. The third kappa shape index (κ3) is 6.69. The number of thioether (sulfide) groups is 1. The summed E-state index contributed by atoms with van der Waals surface area (Å²) in [7, 11) is 0. The molecule has 0 aliphatic carbocycles. The van der Waals surface area contributed by atoms with Crippen molar-refractivity contribution < 1.29 is 19.1 Å². The molecular weight excluding hydrogens is 563 g/mol. The number of ether oxygens (including phenoxy) is 2. The molecule has 1 heterocycles. The normalized spacial score (nSPS) is 14.2. The number of nitrogens with one attached hydrogen (secondary N) is 1. The first kappa shape index (κ1) is 28.0. The smallest absolute Gasteiger partial charge is 0.270 e. The van der Waals surface area contributed by atoms with Crippen molar-refractivity contribution in [3.63, 3.8) is 0 Å². The number of hydrogen-bond donors (Lipinski definition) is 1. The Morgan fingerprint density at radius 3 is 2.42 bits per heavy atom. The van der Waals surface area contributed by atoms with Crippen molar-refractivity contribution in [2.45, 2.75) is 20.8 Å². The molecule has 0 aromatic heterocycles. The highest BCUT2D eigenvalue weighted by Gasteiger charge is 2.33. The number of anilines is 2. The van der Waals surface area contributed by atoms with Gasteiger partial charge in [-0.1, -0.05) is 59.3 Å². The molecule has 1 saturated heterocycles. The van der Waals surface area contributed by atoms with Gasteiger partial charge in [0.05, 0.1) is 27.2 Å². The van der Waals surface area contributed by atoms with E-state index < -0.39 is 0 Å². The molecule has 196 valence electrons. The number of rotatable bonds is 8. The number of carbonyl (C=O) groups is 2. The van der Waals surface area contributed by atoms with Gasteiger partial charge in [0.1, 0.15) is 0 Å². The maximum Gasteiger partial charge on any atom is 0.270 e. The van der Waals surface area contributed by atoms with Gasteiger partial charge in [0.15, 0.2) is 22.4 Å². The van der Waals surface area contributed by atoms with Crippen LogP contribution in [-0.4, -0.2) is 29.3 Å². The maximum absolute atomic E-state index is 13.1. The summed E-state index contributed by atoms with van der Waals surface area (Å²) in [6, 6.07) is 16.0. The Morgan fingerprint density at radius 2 is 1.74 bits per heavy atom. The lowest BCUT2D eigenvalue weighted by Gasteiger charge is -2.15. The molecule has 3 aromatic rings. The highest BCUT2D eigenvalue weighted by Crippen LogP contribution is 2.39. The van der Waals surface area contributed by atoms with Crippen LogP contribution in [0.1, 0.15) is 23.6 Å². The zero-order valence-electron chi connectivity index (χ0n) is 20.8. The van der Waals surface area contributed by atoms with Crippen molar-refractivity contribution in [2.75, 3.05) is 23.4 Å². The molecule has 2 amide bonds. The van der Waals surface area contributed by atoms with Crippen LogP contribution < -0.4 is 19.7 Å². The van der Waals surface area contributed by atoms with Crippen LogP contribution >= 0.6 is 47.2 Å². The monoisotopic (exact) mass is 586 g/mol. The van der Waals surface area contributed by atoms with E-state index in [1.54, 1.807) is 42.5 Å². The first-order valence-electron chi connectivity index (χ1n) is 11.7. The molecule has 3 aromatic carbocycles. The minimum absolute atomic E-state index is 0.186. The fourth-order valence-electron chi connectivity index (χ4n) is 3.86. The van der Waals surface area contributed by atoms with Gasteiger partial charge < -0.3 is 14.8 Å². The molecule has 0 bridgehead atoms. The molecule has 1 aliphatic rings. The van der Waals surface area contributed by atoms with Crippen molar-refractivity contribution in [1.82, 2.24) is 0 Å². The van der Waals surface area contributed by atoms with Gasteiger partial charge in [-0.2, -0.15) is 0 Å². The maximum atomic E-state index is 13.1. The Morgan fingerprint density at radius 1 is 1.00 bits per heavy atom. The second kappa shape index (κ2) is 12.2. The van der Waals surface area contributed by atoms with E-state index in [1.165, 1.54) is 16.7 Å². The van der Waals surface area contributed by atoms with Gasteiger partial charge in [-0.15, -0.1) is 0 Å². The number of nitrogens with zero attached hydrogens (tertiary/aromatic N) is 1. The lowest BCUT2D eigenvalue weighted by Crippen LogP contribution is -2.27. The topological polar surface area (TPSA) is 67.9 Å². The van der Waals surface area contributed by atoms with Crippen LogP contribution in [-0.2, 0) is 9.59 Å². The van der Waals surface area contributed by atoms with Crippen LogP contribution in [0.15, 0.2) is 59.5 Å². The van der Waals surface area contributed by atoms with Gasteiger partial charge in [-0.05, 0) is 86.0 Å². The number of hydrogen-bond acceptors (Lipinski definition) is 6.